The third kappa shape index (κ3) is 7.55. The van der Waals surface area contributed by atoms with Crippen LogP contribution in [0.15, 0.2) is 30.4 Å². The largest absolute Gasteiger partial charge is 0.508 e. The van der Waals surface area contributed by atoms with Gasteiger partial charge in [-0.25, -0.2) is 0 Å². The molecule has 0 spiro atoms. The summed E-state index contributed by atoms with van der Waals surface area (Å²) in [5.41, 5.74) is 2.80. The van der Waals surface area contributed by atoms with Crippen LogP contribution in [0.3, 0.4) is 0 Å². The van der Waals surface area contributed by atoms with Crippen LogP contribution < -0.4 is 0 Å². The van der Waals surface area contributed by atoms with Gasteiger partial charge in [0.05, 0.1) is 12.2 Å². The summed E-state index contributed by atoms with van der Waals surface area (Å²) in [6, 6.07) is 5.42. The first kappa shape index (κ1) is 34.5. The third-order valence-corrected chi connectivity index (χ3v) is 11.8. The second kappa shape index (κ2) is 14.0. The van der Waals surface area contributed by atoms with Crippen molar-refractivity contribution >= 4 is 11.8 Å². The molecule has 0 saturated heterocycles. The van der Waals surface area contributed by atoms with Gasteiger partial charge in [-0.3, -0.25) is 0 Å². The number of fused-ring (bicyclic) bond motifs is 5. The summed E-state index contributed by atoms with van der Waals surface area (Å²) in [4.78, 5) is 2.22. The number of nitrogens with zero attached hydrogens (tertiary/aromatic N) is 1. The Hall–Kier alpha value is -1.36. The van der Waals surface area contributed by atoms with Crippen molar-refractivity contribution in [2.45, 2.75) is 101 Å². The van der Waals surface area contributed by atoms with Crippen molar-refractivity contribution in [2.75, 3.05) is 31.6 Å². The van der Waals surface area contributed by atoms with Crippen LogP contribution in [0.5, 0.6) is 5.75 Å². The number of hydrogen-bond donors (Lipinski definition) is 3. The molecule has 43 heavy (non-hydrogen) atoms. The van der Waals surface area contributed by atoms with Crippen LogP contribution >= 0.6 is 11.8 Å². The number of halogens is 5. The number of hydrogen-bond acceptors (Lipinski definition) is 5. The van der Waals surface area contributed by atoms with E-state index >= 15 is 0 Å². The maximum Gasteiger partial charge on any atom is 0.453 e. The molecule has 0 aliphatic heterocycles. The standard InChI is InChI=1S/C33H48F5NO3S/c1-21-28(41)20-27-29-24(12-14-31(21,27)2)23-11-10-22(40)19-26(23)30(42)25(29)9-5-4-6-15-39(3)16-8-18-43-17-7-13-32(34,35)33(36,37)38/h10-11,19,24-25,27-30,40-42H,1,4-9,12-18,20H2,2-3H3/t24?,25?,27?,28-,29?,30-,31-/m1/s1. The Morgan fingerprint density at radius 2 is 1.70 bits per heavy atom. The highest BCUT2D eigenvalue weighted by atomic mass is 32.2. The molecule has 0 heterocycles. The van der Waals surface area contributed by atoms with E-state index in [9.17, 15) is 37.3 Å². The summed E-state index contributed by atoms with van der Waals surface area (Å²) < 4.78 is 62.7. The molecule has 0 bridgehead atoms. The molecule has 3 aliphatic carbocycles. The minimum atomic E-state index is -5.47. The number of benzene rings is 1. The van der Waals surface area contributed by atoms with Gasteiger partial charge < -0.3 is 20.2 Å². The van der Waals surface area contributed by atoms with Crippen molar-refractivity contribution in [2.24, 2.45) is 23.2 Å². The van der Waals surface area contributed by atoms with Crippen LogP contribution in [-0.2, 0) is 0 Å². The van der Waals surface area contributed by atoms with Gasteiger partial charge in [0.25, 0.3) is 0 Å². The molecule has 3 aliphatic rings. The molecule has 4 rings (SSSR count). The van der Waals surface area contributed by atoms with Gasteiger partial charge in [0.2, 0.25) is 0 Å². The Morgan fingerprint density at radius 1 is 1.00 bits per heavy atom. The first-order valence-electron chi connectivity index (χ1n) is 15.8. The van der Waals surface area contributed by atoms with Crippen molar-refractivity contribution in [3.8, 4) is 5.75 Å². The first-order chi connectivity index (χ1) is 20.2. The molecule has 3 N–H and O–H groups in total. The maximum absolute atomic E-state index is 13.0. The summed E-state index contributed by atoms with van der Waals surface area (Å²) in [5.74, 6) is -2.56. The maximum atomic E-state index is 13.0. The molecule has 4 unspecified atom stereocenters. The Morgan fingerprint density at radius 3 is 2.42 bits per heavy atom. The lowest BCUT2D eigenvalue weighted by atomic mass is 9.51. The molecular weight excluding hydrogens is 585 g/mol. The zero-order chi connectivity index (χ0) is 31.6. The van der Waals surface area contributed by atoms with E-state index in [1.807, 2.05) is 13.1 Å². The van der Waals surface area contributed by atoms with E-state index < -0.39 is 30.7 Å². The minimum absolute atomic E-state index is 0.0489. The molecule has 0 radical (unpaired) electrons. The van der Waals surface area contributed by atoms with Crippen LogP contribution in [0, 0.1) is 23.2 Å². The van der Waals surface area contributed by atoms with E-state index in [4.69, 9.17) is 0 Å². The lowest BCUT2D eigenvalue weighted by Gasteiger charge is -2.53. The molecule has 7 atom stereocenters. The number of phenolic OH excluding ortho intramolecular Hbond substituents is 1. The molecule has 10 heteroatoms. The lowest BCUT2D eigenvalue weighted by molar-refractivity contribution is -0.284. The molecule has 2 fully saturated rings. The van der Waals surface area contributed by atoms with Gasteiger partial charge in [-0.2, -0.15) is 33.7 Å². The fourth-order valence-electron chi connectivity index (χ4n) is 8.15. The number of rotatable bonds is 14. The smallest absolute Gasteiger partial charge is 0.453 e. The Balaban J connectivity index is 1.22. The van der Waals surface area contributed by atoms with Crippen molar-refractivity contribution in [1.82, 2.24) is 4.90 Å². The number of alkyl halides is 5. The van der Waals surface area contributed by atoms with Crippen LogP contribution in [0.2, 0.25) is 0 Å². The van der Waals surface area contributed by atoms with Gasteiger partial charge in [0.1, 0.15) is 5.75 Å². The Bertz CT molecular complexity index is 1100. The van der Waals surface area contributed by atoms with Crippen LogP contribution in [-0.4, -0.2) is 70.1 Å². The van der Waals surface area contributed by atoms with Crippen LogP contribution in [0.1, 0.15) is 94.3 Å². The molecule has 0 amide bonds. The monoisotopic (exact) mass is 633 g/mol. The van der Waals surface area contributed by atoms with Crippen molar-refractivity contribution < 1.29 is 37.3 Å². The molecule has 1 aromatic carbocycles. The van der Waals surface area contributed by atoms with E-state index in [1.165, 1.54) is 11.8 Å². The number of aromatic hydroxyl groups is 1. The predicted octanol–water partition coefficient (Wildman–Crippen LogP) is 8.09. The SMILES string of the molecule is C=C1[C@H](O)CC2C3C(CC[C@]12C)c1ccc(O)cc1[C@H](O)C3CCCCCN(C)CCCSCCCC(F)(F)C(F)(F)F. The van der Waals surface area contributed by atoms with Gasteiger partial charge in [0.15, 0.2) is 0 Å². The Labute approximate surface area is 257 Å². The Kier molecular flexibility index (Phi) is 11.2. The van der Waals surface area contributed by atoms with Crippen molar-refractivity contribution in [3.05, 3.63) is 41.5 Å². The first-order valence-corrected chi connectivity index (χ1v) is 16.9. The average Bonchev–Trinajstić information content (AvgIpc) is 3.17. The number of aliphatic hydroxyl groups is 2. The van der Waals surface area contributed by atoms with E-state index in [0.29, 0.717) is 18.1 Å². The number of thioether (sulfide) groups is 1. The summed E-state index contributed by atoms with van der Waals surface area (Å²) in [6.07, 6.45) is -0.602. The predicted molar refractivity (Wildman–Crippen MR) is 162 cm³/mol. The average molecular weight is 634 g/mol. The minimum Gasteiger partial charge on any atom is -0.508 e. The van der Waals surface area contributed by atoms with Crippen molar-refractivity contribution in [3.63, 3.8) is 0 Å². The molecule has 2 saturated carbocycles. The lowest BCUT2D eigenvalue weighted by Crippen LogP contribution is -2.45. The zero-order valence-corrected chi connectivity index (χ0v) is 26.2. The number of unbranched alkanes of at least 4 members (excludes halogenated alkanes) is 2. The molecule has 244 valence electrons. The highest BCUT2D eigenvalue weighted by molar-refractivity contribution is 7.99. The van der Waals surface area contributed by atoms with Crippen molar-refractivity contribution in [1.29, 1.82) is 0 Å². The quantitative estimate of drug-likeness (QED) is 0.110. The highest BCUT2D eigenvalue weighted by Crippen LogP contribution is 2.65. The second-order valence-corrected chi connectivity index (χ2v) is 14.6. The van der Waals surface area contributed by atoms with Gasteiger partial charge in [-0.1, -0.05) is 32.4 Å². The highest BCUT2D eigenvalue weighted by Gasteiger charge is 2.58. The summed E-state index contributed by atoms with van der Waals surface area (Å²) in [6.45, 7) is 8.26. The molecule has 4 nitrogen and oxygen atoms in total. The number of phenols is 1. The summed E-state index contributed by atoms with van der Waals surface area (Å²) >= 11 is 1.42. The van der Waals surface area contributed by atoms with E-state index in [1.54, 1.807) is 12.1 Å². The van der Waals surface area contributed by atoms with Gasteiger partial charge >= 0.3 is 12.1 Å². The van der Waals surface area contributed by atoms with Gasteiger partial charge in [-0.15, -0.1) is 0 Å². The van der Waals surface area contributed by atoms with E-state index in [2.05, 4.69) is 18.4 Å². The second-order valence-electron chi connectivity index (χ2n) is 13.4. The molecule has 0 aromatic heterocycles. The zero-order valence-electron chi connectivity index (χ0n) is 25.4. The molecular formula is C33H48F5NO3S. The van der Waals surface area contributed by atoms with Gasteiger partial charge in [0, 0.05) is 6.42 Å². The number of aliphatic hydroxyl groups excluding tert-OH is 2. The van der Waals surface area contributed by atoms with E-state index in [0.717, 1.165) is 80.5 Å². The fourth-order valence-corrected chi connectivity index (χ4v) is 9.04. The molecule has 1 aromatic rings. The van der Waals surface area contributed by atoms with Gasteiger partial charge in [-0.05, 0) is 135 Å². The third-order valence-electron chi connectivity index (χ3n) is 10.6. The summed E-state index contributed by atoms with van der Waals surface area (Å²) in [5, 5.41) is 32.6. The van der Waals surface area contributed by atoms with Crippen LogP contribution in [0.4, 0.5) is 22.0 Å². The topological polar surface area (TPSA) is 63.9 Å². The fraction of sp³-hybridized carbons (Fsp3) is 0.758. The normalized spacial score (nSPS) is 30.8. The summed E-state index contributed by atoms with van der Waals surface area (Å²) in [7, 11) is 2.04. The van der Waals surface area contributed by atoms with E-state index in [-0.39, 0.29) is 35.3 Å². The van der Waals surface area contributed by atoms with Crippen LogP contribution in [0.25, 0.3) is 0 Å².